The second kappa shape index (κ2) is 34.2. The fourth-order valence-electron chi connectivity index (χ4n) is 6.23. The van der Waals surface area contributed by atoms with Crippen LogP contribution in [0.15, 0.2) is 0 Å². The van der Waals surface area contributed by atoms with Crippen LogP contribution in [0.4, 0.5) is 0 Å². The Balaban J connectivity index is 4.22. The van der Waals surface area contributed by atoms with Gasteiger partial charge in [-0.1, -0.05) is 149 Å². The summed E-state index contributed by atoms with van der Waals surface area (Å²) in [5.41, 5.74) is 0. The summed E-state index contributed by atoms with van der Waals surface area (Å²) in [6.07, 6.45) is 32.8. The van der Waals surface area contributed by atoms with Gasteiger partial charge in [-0.15, -0.1) is 0 Å². The van der Waals surface area contributed by atoms with Crippen LogP contribution in [0.3, 0.4) is 0 Å². The first kappa shape index (κ1) is 43.9. The lowest BCUT2D eigenvalue weighted by molar-refractivity contribution is -0.168. The zero-order valence-electron chi connectivity index (χ0n) is 31.0. The Morgan fingerprint density at radius 3 is 1.60 bits per heavy atom. The standard InChI is InChI=1S/C39H78N2O4/c1-6-9-12-20-26-36-45-39(43)32-23-17-15-19-25-34-41(35-27-31-38(42)40(4)44-5)33-24-18-14-16-22-30-37(28-11-8-3)29-21-13-10-7-2/h37H,6-36H2,1-5H3. The van der Waals surface area contributed by atoms with Gasteiger partial charge in [0, 0.05) is 19.9 Å². The molecule has 0 rings (SSSR count). The van der Waals surface area contributed by atoms with Crippen molar-refractivity contribution in [1.82, 2.24) is 9.96 Å². The van der Waals surface area contributed by atoms with Crippen molar-refractivity contribution in [1.29, 1.82) is 0 Å². The Morgan fingerprint density at radius 1 is 0.533 bits per heavy atom. The minimum absolute atomic E-state index is 0.0240. The number of unbranched alkanes of at least 4 members (excludes halogenated alkanes) is 16. The summed E-state index contributed by atoms with van der Waals surface area (Å²) in [5.74, 6) is 0.982. The average Bonchev–Trinajstić information content (AvgIpc) is 3.04. The number of nitrogens with zero attached hydrogens (tertiary/aromatic N) is 2. The third-order valence-corrected chi connectivity index (χ3v) is 9.37. The van der Waals surface area contributed by atoms with Crippen molar-refractivity contribution in [2.45, 2.75) is 194 Å². The van der Waals surface area contributed by atoms with Crippen molar-refractivity contribution < 1.29 is 19.2 Å². The molecule has 1 amide bonds. The minimum atomic E-state index is -0.0240. The average molecular weight is 639 g/mol. The molecule has 0 N–H and O–H groups in total. The third kappa shape index (κ3) is 30.0. The van der Waals surface area contributed by atoms with Crippen LogP contribution < -0.4 is 0 Å². The molecule has 0 aliphatic heterocycles. The number of amides is 1. The molecule has 6 nitrogen and oxygen atoms in total. The first-order valence-corrected chi connectivity index (χ1v) is 19.7. The highest BCUT2D eigenvalue weighted by Gasteiger charge is 2.11. The molecule has 1 atom stereocenters. The number of rotatable bonds is 35. The second-order valence-electron chi connectivity index (χ2n) is 13.6. The van der Waals surface area contributed by atoms with E-state index in [9.17, 15) is 9.59 Å². The number of hydrogen-bond acceptors (Lipinski definition) is 5. The summed E-state index contributed by atoms with van der Waals surface area (Å²) in [7, 11) is 3.23. The Bertz CT molecular complexity index is 645. The van der Waals surface area contributed by atoms with Crippen LogP contribution in [0.25, 0.3) is 0 Å². The molecule has 0 saturated carbocycles. The van der Waals surface area contributed by atoms with Crippen LogP contribution >= 0.6 is 0 Å². The van der Waals surface area contributed by atoms with E-state index in [1.54, 1.807) is 14.2 Å². The molecule has 0 spiro atoms. The molecule has 0 bridgehead atoms. The van der Waals surface area contributed by atoms with E-state index < -0.39 is 0 Å². The predicted octanol–water partition coefficient (Wildman–Crippen LogP) is 11.1. The molecule has 0 radical (unpaired) electrons. The van der Waals surface area contributed by atoms with Gasteiger partial charge in [-0.05, 0) is 57.7 Å². The fraction of sp³-hybridized carbons (Fsp3) is 0.949. The van der Waals surface area contributed by atoms with Crippen molar-refractivity contribution in [2.24, 2.45) is 5.92 Å². The molecule has 0 aliphatic rings. The molecule has 0 saturated heterocycles. The zero-order valence-corrected chi connectivity index (χ0v) is 31.0. The first-order chi connectivity index (χ1) is 22.0. The summed E-state index contributed by atoms with van der Waals surface area (Å²) in [4.78, 5) is 31.8. The van der Waals surface area contributed by atoms with E-state index in [1.807, 2.05) is 0 Å². The van der Waals surface area contributed by atoms with Crippen LogP contribution in [0.5, 0.6) is 0 Å². The summed E-state index contributed by atoms with van der Waals surface area (Å²) in [5, 5.41) is 1.34. The monoisotopic (exact) mass is 639 g/mol. The molecule has 0 aromatic rings. The normalized spacial score (nSPS) is 12.1. The Labute approximate surface area is 281 Å². The van der Waals surface area contributed by atoms with Gasteiger partial charge in [-0.25, -0.2) is 5.06 Å². The highest BCUT2D eigenvalue weighted by molar-refractivity contribution is 5.74. The van der Waals surface area contributed by atoms with Crippen LogP contribution in [0.2, 0.25) is 0 Å². The van der Waals surface area contributed by atoms with Gasteiger partial charge in [0.15, 0.2) is 0 Å². The highest BCUT2D eigenvalue weighted by atomic mass is 16.7. The summed E-state index contributed by atoms with van der Waals surface area (Å²) in [6, 6.07) is 0. The van der Waals surface area contributed by atoms with Crippen LogP contribution in [0.1, 0.15) is 194 Å². The topological polar surface area (TPSA) is 59.1 Å². The van der Waals surface area contributed by atoms with Gasteiger partial charge in [0.1, 0.15) is 0 Å². The lowest BCUT2D eigenvalue weighted by Crippen LogP contribution is -2.30. The highest BCUT2D eigenvalue weighted by Crippen LogP contribution is 2.23. The van der Waals surface area contributed by atoms with E-state index in [2.05, 4.69) is 25.7 Å². The Morgan fingerprint density at radius 2 is 1.00 bits per heavy atom. The molecule has 6 heteroatoms. The van der Waals surface area contributed by atoms with Crippen molar-refractivity contribution in [3.8, 4) is 0 Å². The van der Waals surface area contributed by atoms with Gasteiger partial charge in [-0.2, -0.15) is 0 Å². The molecule has 0 aromatic carbocycles. The predicted molar refractivity (Wildman–Crippen MR) is 192 cm³/mol. The summed E-state index contributed by atoms with van der Waals surface area (Å²) in [6.45, 7) is 10.6. The van der Waals surface area contributed by atoms with Gasteiger partial charge in [0.2, 0.25) is 5.91 Å². The Kier molecular flexibility index (Phi) is 33.3. The number of ether oxygens (including phenoxy) is 1. The van der Waals surface area contributed by atoms with E-state index in [0.717, 1.165) is 57.7 Å². The molecule has 0 aromatic heterocycles. The number of hydrogen-bond donors (Lipinski definition) is 0. The third-order valence-electron chi connectivity index (χ3n) is 9.37. The molecule has 268 valence electrons. The number of carbonyl (C=O) groups is 2. The molecular weight excluding hydrogens is 560 g/mol. The quantitative estimate of drug-likeness (QED) is 0.0393. The van der Waals surface area contributed by atoms with E-state index in [1.165, 1.54) is 133 Å². The van der Waals surface area contributed by atoms with E-state index >= 15 is 0 Å². The largest absolute Gasteiger partial charge is 0.466 e. The second-order valence-corrected chi connectivity index (χ2v) is 13.6. The van der Waals surface area contributed by atoms with Gasteiger partial charge in [0.25, 0.3) is 0 Å². The van der Waals surface area contributed by atoms with Gasteiger partial charge in [0.05, 0.1) is 13.7 Å². The molecule has 0 fully saturated rings. The number of hydroxylamine groups is 2. The number of esters is 1. The SMILES string of the molecule is CCCCCCCOC(=O)CCCCCCCN(CCCCCCCC(CCCC)CCCCCC)CCCC(=O)N(C)OC. The molecule has 0 heterocycles. The molecule has 45 heavy (non-hydrogen) atoms. The fourth-order valence-corrected chi connectivity index (χ4v) is 6.23. The minimum Gasteiger partial charge on any atom is -0.466 e. The van der Waals surface area contributed by atoms with Gasteiger partial charge in [-0.3, -0.25) is 14.4 Å². The maximum Gasteiger partial charge on any atom is 0.305 e. The summed E-state index contributed by atoms with van der Waals surface area (Å²) < 4.78 is 5.39. The molecule has 1 unspecified atom stereocenters. The van der Waals surface area contributed by atoms with E-state index in [4.69, 9.17) is 9.57 Å². The maximum absolute atomic E-state index is 12.2. The summed E-state index contributed by atoms with van der Waals surface area (Å²) >= 11 is 0. The van der Waals surface area contributed by atoms with Crippen LogP contribution in [-0.4, -0.2) is 62.2 Å². The van der Waals surface area contributed by atoms with Crippen molar-refractivity contribution in [2.75, 3.05) is 40.4 Å². The van der Waals surface area contributed by atoms with E-state index in [0.29, 0.717) is 19.4 Å². The first-order valence-electron chi connectivity index (χ1n) is 19.7. The van der Waals surface area contributed by atoms with Gasteiger partial charge < -0.3 is 9.64 Å². The van der Waals surface area contributed by atoms with Crippen molar-refractivity contribution in [3.05, 3.63) is 0 Å². The smallest absolute Gasteiger partial charge is 0.305 e. The molecular formula is C39H78N2O4. The van der Waals surface area contributed by atoms with Crippen molar-refractivity contribution >= 4 is 11.9 Å². The van der Waals surface area contributed by atoms with Gasteiger partial charge >= 0.3 is 5.97 Å². The lowest BCUT2D eigenvalue weighted by Gasteiger charge is -2.23. The van der Waals surface area contributed by atoms with Crippen LogP contribution in [-0.2, 0) is 19.2 Å². The number of carbonyl (C=O) groups excluding carboxylic acids is 2. The van der Waals surface area contributed by atoms with E-state index in [-0.39, 0.29) is 11.9 Å². The Hall–Kier alpha value is -1.14. The zero-order chi connectivity index (χ0) is 33.2. The molecule has 0 aliphatic carbocycles. The lowest BCUT2D eigenvalue weighted by atomic mass is 9.90. The van der Waals surface area contributed by atoms with Crippen molar-refractivity contribution in [3.63, 3.8) is 0 Å². The maximum atomic E-state index is 12.2. The van der Waals surface area contributed by atoms with Crippen LogP contribution in [0, 0.1) is 5.92 Å².